The molecule has 2 N–H and O–H groups in total. The third kappa shape index (κ3) is 3.65. The van der Waals surface area contributed by atoms with E-state index in [9.17, 15) is 17.6 Å². The molecule has 136 valence electrons. The highest BCUT2D eigenvalue weighted by Gasteiger charge is 2.34. The van der Waals surface area contributed by atoms with E-state index in [1.807, 2.05) is 0 Å². The van der Waals surface area contributed by atoms with Gasteiger partial charge in [-0.15, -0.1) is 0 Å². The number of benzene rings is 1. The molecule has 1 saturated heterocycles. The van der Waals surface area contributed by atoms with Crippen LogP contribution in [0.25, 0.3) is 11.0 Å². The summed E-state index contributed by atoms with van der Waals surface area (Å²) in [6.45, 7) is 0.238. The predicted octanol–water partition coefficient (Wildman–Crippen LogP) is 1.18. The maximum Gasteiger partial charge on any atom is 0.307 e. The average molecular weight is 370 g/mol. The van der Waals surface area contributed by atoms with Crippen LogP contribution in [0.4, 0.5) is 4.39 Å². The molecule has 0 saturated carbocycles. The van der Waals surface area contributed by atoms with Crippen molar-refractivity contribution in [1.29, 1.82) is 0 Å². The van der Waals surface area contributed by atoms with Crippen molar-refractivity contribution in [1.82, 2.24) is 18.6 Å². The molecule has 1 aliphatic heterocycles. The van der Waals surface area contributed by atoms with Crippen molar-refractivity contribution in [3.63, 3.8) is 0 Å². The average Bonchev–Trinajstić information content (AvgIpc) is 2.96. The van der Waals surface area contributed by atoms with E-state index < -0.39 is 27.9 Å². The number of aromatic amines is 1. The van der Waals surface area contributed by atoms with Crippen LogP contribution in [0.5, 0.6) is 0 Å². The van der Waals surface area contributed by atoms with E-state index in [2.05, 4.69) is 9.97 Å². The normalized spacial score (nSPS) is 19.6. The van der Waals surface area contributed by atoms with Gasteiger partial charge in [0.15, 0.2) is 0 Å². The molecule has 0 spiro atoms. The van der Waals surface area contributed by atoms with E-state index in [4.69, 9.17) is 5.11 Å². The molecule has 0 amide bonds. The number of carboxylic acids is 1. The van der Waals surface area contributed by atoms with Crippen molar-refractivity contribution in [3.8, 4) is 0 Å². The fourth-order valence-electron chi connectivity index (χ4n) is 2.95. The second kappa shape index (κ2) is 6.70. The van der Waals surface area contributed by atoms with E-state index in [1.165, 1.54) is 29.6 Å². The van der Waals surface area contributed by atoms with Gasteiger partial charge in [-0.05, 0) is 31.0 Å². The van der Waals surface area contributed by atoms with Crippen LogP contribution in [0.3, 0.4) is 0 Å². The van der Waals surface area contributed by atoms with Crippen LogP contribution in [0.1, 0.15) is 18.7 Å². The van der Waals surface area contributed by atoms with E-state index in [0.29, 0.717) is 36.2 Å². The number of carbonyl (C=O) groups is 1. The van der Waals surface area contributed by atoms with E-state index in [-0.39, 0.29) is 13.1 Å². The van der Waals surface area contributed by atoms with Crippen molar-refractivity contribution < 1.29 is 22.7 Å². The number of hydrogen-bond acceptors (Lipinski definition) is 4. The highest BCUT2D eigenvalue weighted by Crippen LogP contribution is 2.22. The summed E-state index contributed by atoms with van der Waals surface area (Å²) >= 11 is 0. The molecule has 1 aliphatic rings. The Kier molecular flexibility index (Phi) is 4.76. The fraction of sp³-hybridized carbons (Fsp3) is 0.467. The summed E-state index contributed by atoms with van der Waals surface area (Å²) in [6, 6.07) is 4.09. The van der Waals surface area contributed by atoms with Gasteiger partial charge in [0.05, 0.1) is 23.5 Å². The summed E-state index contributed by atoms with van der Waals surface area (Å²) in [7, 11) is -2.39. The molecule has 2 aromatic rings. The molecular weight excluding hydrogens is 351 g/mol. The van der Waals surface area contributed by atoms with E-state index in [1.54, 1.807) is 0 Å². The first kappa shape index (κ1) is 17.8. The topological polar surface area (TPSA) is 107 Å². The van der Waals surface area contributed by atoms with Gasteiger partial charge in [-0.3, -0.25) is 4.79 Å². The van der Waals surface area contributed by atoms with E-state index >= 15 is 0 Å². The number of halogens is 1. The van der Waals surface area contributed by atoms with Gasteiger partial charge in [-0.2, -0.15) is 17.0 Å². The maximum absolute atomic E-state index is 13.2. The number of rotatable bonds is 5. The molecule has 0 radical (unpaired) electrons. The van der Waals surface area contributed by atoms with Crippen LogP contribution in [-0.4, -0.2) is 58.2 Å². The third-order valence-corrected chi connectivity index (χ3v) is 6.22. The van der Waals surface area contributed by atoms with Gasteiger partial charge >= 0.3 is 5.97 Å². The summed E-state index contributed by atoms with van der Waals surface area (Å²) in [6.07, 6.45) is 0.980. The Bertz CT molecular complexity index is 898. The van der Waals surface area contributed by atoms with Crippen LogP contribution in [-0.2, 0) is 21.5 Å². The fourth-order valence-corrected chi connectivity index (χ4v) is 4.36. The number of fused-ring (bicyclic) bond motifs is 1. The molecule has 10 heteroatoms. The van der Waals surface area contributed by atoms with Gasteiger partial charge in [0.2, 0.25) is 0 Å². The number of aliphatic carboxylic acids is 1. The minimum atomic E-state index is -3.80. The Hall–Kier alpha value is -2.04. The van der Waals surface area contributed by atoms with Gasteiger partial charge in [0.1, 0.15) is 11.6 Å². The van der Waals surface area contributed by atoms with Gasteiger partial charge in [0.25, 0.3) is 10.2 Å². The zero-order chi connectivity index (χ0) is 18.2. The molecular formula is C15H19FN4O4S. The number of carboxylic acid groups (broad SMARTS) is 1. The summed E-state index contributed by atoms with van der Waals surface area (Å²) in [5.74, 6) is -1.69. The first-order chi connectivity index (χ1) is 11.8. The number of hydrogen-bond donors (Lipinski definition) is 2. The number of H-pyrrole nitrogens is 1. The summed E-state index contributed by atoms with van der Waals surface area (Å²) in [5, 5.41) is 9.12. The van der Waals surface area contributed by atoms with E-state index in [0.717, 1.165) is 4.31 Å². The Morgan fingerprint density at radius 3 is 3.00 bits per heavy atom. The number of nitrogens with one attached hydrogen (secondary N) is 1. The lowest BCUT2D eigenvalue weighted by Gasteiger charge is -2.32. The number of imidazole rings is 1. The van der Waals surface area contributed by atoms with Gasteiger partial charge in [-0.25, -0.2) is 9.37 Å². The Labute approximate surface area is 144 Å². The Balaban J connectivity index is 1.76. The monoisotopic (exact) mass is 370 g/mol. The number of piperidine rings is 1. The minimum Gasteiger partial charge on any atom is -0.481 e. The van der Waals surface area contributed by atoms with Crippen LogP contribution < -0.4 is 0 Å². The largest absolute Gasteiger partial charge is 0.481 e. The van der Waals surface area contributed by atoms with Gasteiger partial charge < -0.3 is 10.1 Å². The molecule has 2 heterocycles. The molecule has 1 aromatic heterocycles. The highest BCUT2D eigenvalue weighted by molar-refractivity contribution is 7.86. The molecule has 8 nitrogen and oxygen atoms in total. The Morgan fingerprint density at radius 2 is 2.28 bits per heavy atom. The highest BCUT2D eigenvalue weighted by atomic mass is 32.2. The second-order valence-corrected chi connectivity index (χ2v) is 8.18. The van der Waals surface area contributed by atoms with Crippen molar-refractivity contribution in [2.45, 2.75) is 19.4 Å². The van der Waals surface area contributed by atoms with Crippen molar-refractivity contribution >= 4 is 27.2 Å². The van der Waals surface area contributed by atoms with Gasteiger partial charge in [-0.1, -0.05) is 0 Å². The molecule has 0 aliphatic carbocycles. The molecule has 1 fully saturated rings. The third-order valence-electron chi connectivity index (χ3n) is 4.32. The molecule has 3 rings (SSSR count). The zero-order valence-electron chi connectivity index (χ0n) is 13.6. The van der Waals surface area contributed by atoms with Crippen LogP contribution in [0.2, 0.25) is 0 Å². The van der Waals surface area contributed by atoms with Gasteiger partial charge in [0, 0.05) is 20.1 Å². The minimum absolute atomic E-state index is 0.0210. The lowest BCUT2D eigenvalue weighted by atomic mass is 10.0. The molecule has 1 atom stereocenters. The van der Waals surface area contributed by atoms with Crippen molar-refractivity contribution in [3.05, 3.63) is 29.8 Å². The van der Waals surface area contributed by atoms with Crippen LogP contribution >= 0.6 is 0 Å². The molecule has 25 heavy (non-hydrogen) atoms. The maximum atomic E-state index is 13.2. The van der Waals surface area contributed by atoms with Crippen LogP contribution in [0.15, 0.2) is 18.2 Å². The summed E-state index contributed by atoms with van der Waals surface area (Å²) in [5.41, 5.74) is 1.04. The summed E-state index contributed by atoms with van der Waals surface area (Å²) < 4.78 is 40.9. The van der Waals surface area contributed by atoms with Crippen molar-refractivity contribution in [2.24, 2.45) is 5.92 Å². The number of aromatic nitrogens is 2. The number of nitrogens with zero attached hydrogens (tertiary/aromatic N) is 3. The van der Waals surface area contributed by atoms with Crippen molar-refractivity contribution in [2.75, 3.05) is 20.1 Å². The Morgan fingerprint density at radius 1 is 1.52 bits per heavy atom. The zero-order valence-corrected chi connectivity index (χ0v) is 14.5. The molecule has 1 aromatic carbocycles. The first-order valence-electron chi connectivity index (χ1n) is 7.86. The molecule has 0 bridgehead atoms. The molecule has 1 unspecified atom stereocenters. The quantitative estimate of drug-likeness (QED) is 0.822. The first-order valence-corrected chi connectivity index (χ1v) is 9.25. The smallest absolute Gasteiger partial charge is 0.307 e. The standard InChI is InChI=1S/C15H19FN4O4S/c1-19(9-14-17-12-5-4-11(16)7-13(12)18-14)25(23,24)20-6-2-3-10(8-20)15(21)22/h4-5,7,10H,2-3,6,8-9H2,1H3,(H,17,18)(H,21,22). The second-order valence-electron chi connectivity index (χ2n) is 6.14. The lowest BCUT2D eigenvalue weighted by molar-refractivity contribution is -0.142. The summed E-state index contributed by atoms with van der Waals surface area (Å²) in [4.78, 5) is 18.3. The SMILES string of the molecule is CN(Cc1nc2ccc(F)cc2[nH]1)S(=O)(=O)N1CCCC(C(=O)O)C1. The lowest BCUT2D eigenvalue weighted by Crippen LogP contribution is -2.47. The predicted molar refractivity (Wildman–Crippen MR) is 88.4 cm³/mol. The van der Waals surface area contributed by atoms with Crippen LogP contribution in [0, 0.1) is 11.7 Å².